The largest absolute Gasteiger partial charge is 0.456 e. The number of furan rings is 1. The van der Waals surface area contributed by atoms with Gasteiger partial charge < -0.3 is 13.6 Å². The van der Waals surface area contributed by atoms with E-state index in [0.717, 1.165) is 88.1 Å². The van der Waals surface area contributed by atoms with Crippen molar-refractivity contribution in [1.29, 1.82) is 10.5 Å². The summed E-state index contributed by atoms with van der Waals surface area (Å²) in [7, 11) is 0. The van der Waals surface area contributed by atoms with Crippen molar-refractivity contribution in [2.75, 3.05) is 0 Å². The van der Waals surface area contributed by atoms with Gasteiger partial charge in [0.05, 0.1) is 50.0 Å². The van der Waals surface area contributed by atoms with E-state index in [1.165, 1.54) is 0 Å². The third-order valence-corrected chi connectivity index (χ3v) is 9.81. The van der Waals surface area contributed by atoms with Gasteiger partial charge >= 0.3 is 0 Å². The van der Waals surface area contributed by atoms with Gasteiger partial charge in [0.1, 0.15) is 23.3 Å². The van der Waals surface area contributed by atoms with Crippen molar-refractivity contribution in [1.82, 2.24) is 9.13 Å². The molecule has 7 aromatic carbocycles. The molecule has 3 aromatic heterocycles. The van der Waals surface area contributed by atoms with Crippen molar-refractivity contribution in [3.8, 4) is 34.6 Å². The number of hydrogen-bond acceptors (Lipinski definition) is 3. The second-order valence-electron chi connectivity index (χ2n) is 12.3. The van der Waals surface area contributed by atoms with Gasteiger partial charge in [-0.1, -0.05) is 97.1 Å². The van der Waals surface area contributed by atoms with Gasteiger partial charge in [-0.25, -0.2) is 0 Å². The highest BCUT2D eigenvalue weighted by atomic mass is 16.3. The number of nitriles is 2. The lowest BCUT2D eigenvalue weighted by molar-refractivity contribution is 0.669. The van der Waals surface area contributed by atoms with Crippen LogP contribution in [-0.4, -0.2) is 9.13 Å². The van der Waals surface area contributed by atoms with E-state index in [4.69, 9.17) is 4.42 Å². The molecule has 0 spiro atoms. The van der Waals surface area contributed by atoms with Crippen molar-refractivity contribution in [2.24, 2.45) is 0 Å². The van der Waals surface area contributed by atoms with E-state index in [-0.39, 0.29) is 0 Å². The normalized spacial score (nSPS) is 11.6. The fourth-order valence-corrected chi connectivity index (χ4v) is 7.84. The number of rotatable bonds is 3. The van der Waals surface area contributed by atoms with Gasteiger partial charge in [0.15, 0.2) is 0 Å². The van der Waals surface area contributed by atoms with E-state index in [9.17, 15) is 10.5 Å². The molecule has 0 bridgehead atoms. The lowest BCUT2D eigenvalue weighted by atomic mass is 9.95. The average molecular weight is 625 g/mol. The Labute approximate surface area is 280 Å². The topological polar surface area (TPSA) is 70.6 Å². The summed E-state index contributed by atoms with van der Waals surface area (Å²) in [4.78, 5) is 0. The van der Waals surface area contributed by atoms with E-state index in [2.05, 4.69) is 88.0 Å². The number of fused-ring (bicyclic) bond motifs is 10. The Balaban J connectivity index is 1.40. The van der Waals surface area contributed by atoms with Crippen LogP contribution in [0.15, 0.2) is 150 Å². The van der Waals surface area contributed by atoms with Crippen LogP contribution in [0, 0.1) is 22.7 Å². The Morgan fingerprint density at radius 3 is 1.49 bits per heavy atom. The number of aromatic nitrogens is 2. The minimum absolute atomic E-state index is 0.528. The van der Waals surface area contributed by atoms with Crippen LogP contribution in [-0.2, 0) is 0 Å². The molecule has 3 heterocycles. The molecule has 49 heavy (non-hydrogen) atoms. The second-order valence-corrected chi connectivity index (χ2v) is 12.3. The first-order valence-electron chi connectivity index (χ1n) is 16.2. The van der Waals surface area contributed by atoms with Gasteiger partial charge in [-0.05, 0) is 48.5 Å². The van der Waals surface area contributed by atoms with Crippen LogP contribution in [0.4, 0.5) is 0 Å². The van der Waals surface area contributed by atoms with E-state index >= 15 is 0 Å². The summed E-state index contributed by atoms with van der Waals surface area (Å²) < 4.78 is 10.8. The Bertz CT molecular complexity index is 3030. The highest BCUT2D eigenvalue weighted by Crippen LogP contribution is 2.45. The van der Waals surface area contributed by atoms with E-state index < -0.39 is 0 Å². The Hall–Kier alpha value is -7.08. The fraction of sp³-hybridized carbons (Fsp3) is 0. The summed E-state index contributed by atoms with van der Waals surface area (Å²) in [6.07, 6.45) is 0. The molecule has 0 saturated heterocycles. The summed E-state index contributed by atoms with van der Waals surface area (Å²) in [5.41, 5.74) is 9.87. The minimum Gasteiger partial charge on any atom is -0.456 e. The van der Waals surface area contributed by atoms with Crippen LogP contribution in [0.2, 0.25) is 0 Å². The standard InChI is InChI=1S/C44H24N4O/c45-25-27-11-9-17-32(42(27)47-36-19-5-1-13-29(36)30-14-2-6-20-37(30)47)33-18-10-12-28(26-46)43(33)48-38-21-7-3-15-31(38)34-23-24-40-41(44(34)48)35-16-4-8-22-39(35)49-40/h1-24H. The minimum atomic E-state index is 0.528. The highest BCUT2D eigenvalue weighted by molar-refractivity contribution is 6.25. The lowest BCUT2D eigenvalue weighted by Crippen LogP contribution is -2.05. The first kappa shape index (κ1) is 27.1. The maximum absolute atomic E-state index is 10.8. The van der Waals surface area contributed by atoms with Gasteiger partial charge in [0, 0.05) is 38.1 Å². The smallest absolute Gasteiger partial charge is 0.137 e. The Morgan fingerprint density at radius 2 is 0.898 bits per heavy atom. The molecule has 10 rings (SSSR count). The van der Waals surface area contributed by atoms with Crippen LogP contribution in [0.3, 0.4) is 0 Å². The molecular weight excluding hydrogens is 601 g/mol. The molecular formula is C44H24N4O. The average Bonchev–Trinajstić information content (AvgIpc) is 3.81. The first-order chi connectivity index (χ1) is 24.3. The van der Waals surface area contributed by atoms with Crippen molar-refractivity contribution in [2.45, 2.75) is 0 Å². The van der Waals surface area contributed by atoms with E-state index in [1.54, 1.807) is 0 Å². The van der Waals surface area contributed by atoms with Gasteiger partial charge in [-0.2, -0.15) is 10.5 Å². The SMILES string of the molecule is N#Cc1cccc(-c2cccc(C#N)c2-n2c3ccccc3c3ccc4oc5ccccc5c4c32)c1-n1c2ccccc2c2ccccc21. The molecule has 0 radical (unpaired) electrons. The van der Waals surface area contributed by atoms with Gasteiger partial charge in [-0.15, -0.1) is 0 Å². The zero-order valence-corrected chi connectivity index (χ0v) is 26.1. The number of para-hydroxylation sites is 6. The summed E-state index contributed by atoms with van der Waals surface area (Å²) in [5, 5.41) is 27.8. The number of hydrogen-bond donors (Lipinski definition) is 0. The molecule has 10 aromatic rings. The Kier molecular flexibility index (Phi) is 5.64. The maximum Gasteiger partial charge on any atom is 0.137 e. The maximum atomic E-state index is 10.8. The second kappa shape index (κ2) is 10.2. The zero-order chi connectivity index (χ0) is 32.6. The molecule has 0 atom stereocenters. The summed E-state index contributed by atoms with van der Waals surface area (Å²) in [5.74, 6) is 0. The summed E-state index contributed by atoms with van der Waals surface area (Å²) >= 11 is 0. The summed E-state index contributed by atoms with van der Waals surface area (Å²) in [6, 6.07) is 54.0. The van der Waals surface area contributed by atoms with Crippen molar-refractivity contribution >= 4 is 65.6 Å². The van der Waals surface area contributed by atoms with E-state index in [0.29, 0.717) is 11.1 Å². The lowest BCUT2D eigenvalue weighted by Gasteiger charge is -2.20. The van der Waals surface area contributed by atoms with Gasteiger partial charge in [-0.3, -0.25) is 0 Å². The van der Waals surface area contributed by atoms with Crippen LogP contribution in [0.25, 0.3) is 88.1 Å². The molecule has 0 unspecified atom stereocenters. The molecule has 0 N–H and O–H groups in total. The zero-order valence-electron chi connectivity index (χ0n) is 26.1. The predicted molar refractivity (Wildman–Crippen MR) is 197 cm³/mol. The van der Waals surface area contributed by atoms with Crippen molar-refractivity contribution < 1.29 is 4.42 Å². The Morgan fingerprint density at radius 1 is 0.408 bits per heavy atom. The number of nitrogens with zero attached hydrogens (tertiary/aromatic N) is 4. The molecule has 226 valence electrons. The highest BCUT2D eigenvalue weighted by Gasteiger charge is 2.25. The van der Waals surface area contributed by atoms with Crippen molar-refractivity contribution in [3.63, 3.8) is 0 Å². The number of benzene rings is 7. The summed E-state index contributed by atoms with van der Waals surface area (Å²) in [6.45, 7) is 0. The van der Waals surface area contributed by atoms with Crippen LogP contribution in [0.5, 0.6) is 0 Å². The molecule has 5 heteroatoms. The van der Waals surface area contributed by atoms with E-state index in [1.807, 2.05) is 78.9 Å². The van der Waals surface area contributed by atoms with Crippen LogP contribution >= 0.6 is 0 Å². The predicted octanol–water partition coefficient (Wildman–Crippen LogP) is 11.2. The monoisotopic (exact) mass is 624 g/mol. The van der Waals surface area contributed by atoms with Crippen molar-refractivity contribution in [3.05, 3.63) is 157 Å². The third-order valence-electron chi connectivity index (χ3n) is 9.81. The first-order valence-corrected chi connectivity index (χ1v) is 16.2. The molecule has 0 amide bonds. The molecule has 0 aliphatic rings. The third kappa shape index (κ3) is 3.67. The van der Waals surface area contributed by atoms with Gasteiger partial charge in [0.2, 0.25) is 0 Å². The molecule has 5 nitrogen and oxygen atoms in total. The quantitative estimate of drug-likeness (QED) is 0.196. The van der Waals surface area contributed by atoms with Crippen LogP contribution in [0.1, 0.15) is 11.1 Å². The molecule has 0 aliphatic heterocycles. The molecule has 0 fully saturated rings. The fourth-order valence-electron chi connectivity index (χ4n) is 7.84. The molecule has 0 aliphatic carbocycles. The van der Waals surface area contributed by atoms with Gasteiger partial charge in [0.25, 0.3) is 0 Å². The van der Waals surface area contributed by atoms with Crippen LogP contribution < -0.4 is 0 Å². The molecule has 0 saturated carbocycles.